The van der Waals surface area contributed by atoms with E-state index >= 15 is 0 Å². The third kappa shape index (κ3) is 3.09. The third-order valence-electron chi connectivity index (χ3n) is 2.71. The van der Waals surface area contributed by atoms with Gasteiger partial charge in [0.1, 0.15) is 0 Å². The minimum absolute atomic E-state index is 0.419. The van der Waals surface area contributed by atoms with Crippen molar-refractivity contribution in [1.29, 1.82) is 0 Å². The number of anilines is 1. The summed E-state index contributed by atoms with van der Waals surface area (Å²) in [6, 6.07) is 8.60. The zero-order chi connectivity index (χ0) is 12.1. The molecular formula is C13H17N3S. The molecule has 1 N–H and O–H groups in total. The number of fused-ring (bicyclic) bond motifs is 1. The van der Waals surface area contributed by atoms with Gasteiger partial charge in [0, 0.05) is 16.8 Å². The van der Waals surface area contributed by atoms with Crippen molar-refractivity contribution in [3.8, 4) is 0 Å². The topological polar surface area (TPSA) is 37.8 Å². The molecule has 2 aromatic rings. The van der Waals surface area contributed by atoms with Gasteiger partial charge in [-0.3, -0.25) is 0 Å². The third-order valence-corrected chi connectivity index (χ3v) is 3.35. The first-order valence-corrected chi connectivity index (χ1v) is 7.16. The summed E-state index contributed by atoms with van der Waals surface area (Å²) in [6.45, 7) is 2.18. The number of nitrogens with one attached hydrogen (secondary N) is 1. The molecule has 0 aliphatic heterocycles. The van der Waals surface area contributed by atoms with Crippen LogP contribution in [0.2, 0.25) is 0 Å². The SMILES string of the molecule is CSCCC(C)Nc1nncc2ccccc12. The number of thioether (sulfide) groups is 1. The molecule has 2 rings (SSSR count). The Morgan fingerprint density at radius 1 is 1.35 bits per heavy atom. The highest BCUT2D eigenvalue weighted by Gasteiger charge is 2.06. The fourth-order valence-corrected chi connectivity index (χ4v) is 2.32. The molecule has 0 saturated carbocycles. The summed E-state index contributed by atoms with van der Waals surface area (Å²) in [4.78, 5) is 0. The van der Waals surface area contributed by atoms with Crippen LogP contribution in [-0.4, -0.2) is 28.2 Å². The molecule has 3 nitrogen and oxygen atoms in total. The summed E-state index contributed by atoms with van der Waals surface area (Å²) in [5, 5.41) is 13.9. The van der Waals surface area contributed by atoms with Gasteiger partial charge >= 0.3 is 0 Å². The fourth-order valence-electron chi connectivity index (χ4n) is 1.73. The molecule has 90 valence electrons. The Morgan fingerprint density at radius 3 is 3.00 bits per heavy atom. The Hall–Kier alpha value is -1.29. The molecule has 1 atom stereocenters. The van der Waals surface area contributed by atoms with E-state index in [9.17, 15) is 0 Å². The van der Waals surface area contributed by atoms with Crippen molar-refractivity contribution in [2.75, 3.05) is 17.3 Å². The number of rotatable bonds is 5. The summed E-state index contributed by atoms with van der Waals surface area (Å²) in [5.41, 5.74) is 0. The van der Waals surface area contributed by atoms with Crippen LogP contribution in [0.15, 0.2) is 30.5 Å². The van der Waals surface area contributed by atoms with E-state index in [1.165, 1.54) is 0 Å². The van der Waals surface area contributed by atoms with Crippen molar-refractivity contribution in [3.63, 3.8) is 0 Å². The first-order valence-electron chi connectivity index (χ1n) is 5.77. The van der Waals surface area contributed by atoms with Gasteiger partial charge in [-0.05, 0) is 25.4 Å². The second kappa shape index (κ2) is 5.87. The predicted molar refractivity (Wildman–Crippen MR) is 75.6 cm³/mol. The molecule has 0 aliphatic carbocycles. The van der Waals surface area contributed by atoms with E-state index < -0.39 is 0 Å². The smallest absolute Gasteiger partial charge is 0.156 e. The maximum absolute atomic E-state index is 4.19. The van der Waals surface area contributed by atoms with Crippen LogP contribution in [0.4, 0.5) is 5.82 Å². The van der Waals surface area contributed by atoms with E-state index in [1.807, 2.05) is 23.9 Å². The lowest BCUT2D eigenvalue weighted by molar-refractivity contribution is 0.764. The molecular weight excluding hydrogens is 230 g/mol. The van der Waals surface area contributed by atoms with E-state index in [0.29, 0.717) is 6.04 Å². The maximum atomic E-state index is 4.19. The van der Waals surface area contributed by atoms with Crippen molar-refractivity contribution in [3.05, 3.63) is 30.5 Å². The second-order valence-corrected chi connectivity index (χ2v) is 5.09. The minimum Gasteiger partial charge on any atom is -0.366 e. The van der Waals surface area contributed by atoms with Crippen molar-refractivity contribution in [2.24, 2.45) is 0 Å². The van der Waals surface area contributed by atoms with Crippen molar-refractivity contribution >= 4 is 28.4 Å². The Kier molecular flexibility index (Phi) is 4.20. The van der Waals surface area contributed by atoms with Crippen molar-refractivity contribution in [1.82, 2.24) is 10.2 Å². The molecule has 0 bridgehead atoms. The van der Waals surface area contributed by atoms with E-state index in [4.69, 9.17) is 0 Å². The van der Waals surface area contributed by atoms with Crippen LogP contribution in [0.5, 0.6) is 0 Å². The average molecular weight is 247 g/mol. The number of benzene rings is 1. The lowest BCUT2D eigenvalue weighted by atomic mass is 10.2. The van der Waals surface area contributed by atoms with Gasteiger partial charge < -0.3 is 5.32 Å². The van der Waals surface area contributed by atoms with Crippen LogP contribution >= 0.6 is 11.8 Å². The molecule has 1 aromatic carbocycles. The molecule has 0 fully saturated rings. The van der Waals surface area contributed by atoms with E-state index in [0.717, 1.165) is 28.8 Å². The van der Waals surface area contributed by atoms with Crippen molar-refractivity contribution < 1.29 is 0 Å². The van der Waals surface area contributed by atoms with Gasteiger partial charge in [-0.25, -0.2) is 0 Å². The predicted octanol–water partition coefficient (Wildman–Crippen LogP) is 3.18. The first-order chi connectivity index (χ1) is 8.31. The number of hydrogen-bond acceptors (Lipinski definition) is 4. The summed E-state index contributed by atoms with van der Waals surface area (Å²) in [6.07, 6.45) is 5.06. The summed E-state index contributed by atoms with van der Waals surface area (Å²) >= 11 is 1.87. The van der Waals surface area contributed by atoms with Crippen LogP contribution < -0.4 is 5.32 Å². The number of hydrogen-bond donors (Lipinski definition) is 1. The Bertz CT molecular complexity index is 482. The Balaban J connectivity index is 2.18. The lowest BCUT2D eigenvalue weighted by Crippen LogP contribution is -2.17. The van der Waals surface area contributed by atoms with Crippen LogP contribution in [0, 0.1) is 0 Å². The van der Waals surface area contributed by atoms with Gasteiger partial charge in [0.05, 0.1) is 6.20 Å². The number of aromatic nitrogens is 2. The summed E-state index contributed by atoms with van der Waals surface area (Å²) in [5.74, 6) is 2.04. The highest BCUT2D eigenvalue weighted by molar-refractivity contribution is 7.98. The molecule has 1 aromatic heterocycles. The second-order valence-electron chi connectivity index (χ2n) is 4.11. The molecule has 17 heavy (non-hydrogen) atoms. The van der Waals surface area contributed by atoms with Crippen LogP contribution in [0.25, 0.3) is 10.8 Å². The van der Waals surface area contributed by atoms with Gasteiger partial charge in [0.25, 0.3) is 0 Å². The van der Waals surface area contributed by atoms with Gasteiger partial charge in [-0.15, -0.1) is 5.10 Å². The van der Waals surface area contributed by atoms with Crippen LogP contribution in [0.1, 0.15) is 13.3 Å². The van der Waals surface area contributed by atoms with Crippen molar-refractivity contribution in [2.45, 2.75) is 19.4 Å². The van der Waals surface area contributed by atoms with Gasteiger partial charge in [0.2, 0.25) is 0 Å². The Morgan fingerprint density at radius 2 is 2.18 bits per heavy atom. The minimum atomic E-state index is 0.419. The number of nitrogens with zero attached hydrogens (tertiary/aromatic N) is 2. The highest BCUT2D eigenvalue weighted by Crippen LogP contribution is 2.20. The van der Waals surface area contributed by atoms with Crippen LogP contribution in [0.3, 0.4) is 0 Å². The molecule has 0 spiro atoms. The van der Waals surface area contributed by atoms with Crippen LogP contribution in [-0.2, 0) is 0 Å². The first kappa shape index (κ1) is 12.2. The molecule has 4 heteroatoms. The molecule has 0 saturated heterocycles. The van der Waals surface area contributed by atoms with Gasteiger partial charge in [0.15, 0.2) is 5.82 Å². The zero-order valence-corrected chi connectivity index (χ0v) is 11.0. The van der Waals surface area contributed by atoms with E-state index in [2.05, 4.69) is 40.8 Å². The maximum Gasteiger partial charge on any atom is 0.156 e. The summed E-state index contributed by atoms with van der Waals surface area (Å²) in [7, 11) is 0. The monoisotopic (exact) mass is 247 g/mol. The Labute approximate surface area is 106 Å². The quantitative estimate of drug-likeness (QED) is 0.880. The highest BCUT2D eigenvalue weighted by atomic mass is 32.2. The molecule has 0 aliphatic rings. The lowest BCUT2D eigenvalue weighted by Gasteiger charge is -2.14. The molecule has 0 amide bonds. The standard InChI is InChI=1S/C13H17N3S/c1-10(7-8-17-2)15-13-12-6-4-3-5-11(12)9-14-16-13/h3-6,9-10H,7-8H2,1-2H3,(H,15,16). The largest absolute Gasteiger partial charge is 0.366 e. The molecule has 1 unspecified atom stereocenters. The van der Waals surface area contributed by atoms with E-state index in [-0.39, 0.29) is 0 Å². The fraction of sp³-hybridized carbons (Fsp3) is 0.385. The molecule has 0 radical (unpaired) electrons. The molecule has 1 heterocycles. The van der Waals surface area contributed by atoms with Gasteiger partial charge in [-0.2, -0.15) is 16.9 Å². The van der Waals surface area contributed by atoms with E-state index in [1.54, 1.807) is 6.20 Å². The van der Waals surface area contributed by atoms with Gasteiger partial charge in [-0.1, -0.05) is 24.3 Å². The summed E-state index contributed by atoms with van der Waals surface area (Å²) < 4.78 is 0. The zero-order valence-electron chi connectivity index (χ0n) is 10.2. The average Bonchev–Trinajstić information content (AvgIpc) is 2.37. The normalized spacial score (nSPS) is 12.6.